The van der Waals surface area contributed by atoms with E-state index >= 15 is 0 Å². The van der Waals surface area contributed by atoms with Gasteiger partial charge in [0.05, 0.1) is 11.7 Å². The average Bonchev–Trinajstić information content (AvgIpc) is 3.15. The quantitative estimate of drug-likeness (QED) is 0.746. The lowest BCUT2D eigenvalue weighted by Gasteiger charge is -2.22. The van der Waals surface area contributed by atoms with Crippen molar-refractivity contribution >= 4 is 18.4 Å². The van der Waals surface area contributed by atoms with Crippen molar-refractivity contribution in [3.8, 4) is 0 Å². The van der Waals surface area contributed by atoms with Gasteiger partial charge in [0.25, 0.3) is 0 Å². The third kappa shape index (κ3) is 2.01. The zero-order valence-corrected chi connectivity index (χ0v) is 10.1. The number of nitrogens with one attached hydrogen (secondary N) is 2. The highest BCUT2D eigenvalue weighted by Crippen LogP contribution is 2.50. The van der Waals surface area contributed by atoms with Crippen LogP contribution in [-0.2, 0) is 15.0 Å². The van der Waals surface area contributed by atoms with Crippen LogP contribution in [0, 0.1) is 5.82 Å². The van der Waals surface area contributed by atoms with Crippen LogP contribution in [0.4, 0.5) is 10.1 Å². The summed E-state index contributed by atoms with van der Waals surface area (Å²) in [6.45, 7) is 0. The molecule has 1 unspecified atom stereocenters. The number of carbonyl (C=O) groups excluding carboxylic acids is 2. The van der Waals surface area contributed by atoms with Gasteiger partial charge in [0.1, 0.15) is 12.1 Å². The predicted molar refractivity (Wildman–Crippen MR) is 65.9 cm³/mol. The van der Waals surface area contributed by atoms with E-state index in [1.807, 2.05) is 0 Å². The van der Waals surface area contributed by atoms with Gasteiger partial charge in [-0.15, -0.1) is 0 Å². The van der Waals surface area contributed by atoms with Crippen molar-refractivity contribution < 1.29 is 14.0 Å². The largest absolute Gasteiger partial charge is 0.326 e. The summed E-state index contributed by atoms with van der Waals surface area (Å²) in [6, 6.07) is 4.38. The molecule has 0 bridgehead atoms. The molecule has 1 amide bonds. The highest BCUT2D eigenvalue weighted by atomic mass is 19.1. The molecule has 1 fully saturated rings. The predicted octanol–water partition coefficient (Wildman–Crippen LogP) is 1.21. The highest BCUT2D eigenvalue weighted by molar-refractivity contribution is 5.72. The fourth-order valence-corrected chi connectivity index (χ4v) is 2.39. The van der Waals surface area contributed by atoms with Crippen LogP contribution in [0.3, 0.4) is 0 Å². The van der Waals surface area contributed by atoms with Crippen LogP contribution in [0.5, 0.6) is 0 Å². The second-order valence-electron chi connectivity index (χ2n) is 4.52. The summed E-state index contributed by atoms with van der Waals surface area (Å²) in [4.78, 5) is 21.3. The molecule has 2 rings (SSSR count). The van der Waals surface area contributed by atoms with Gasteiger partial charge in [0.2, 0.25) is 6.41 Å². The number of likely N-dealkylation sites (N-methyl/N-ethyl adjacent to an activating group) is 1. The Morgan fingerprint density at radius 2 is 2.11 bits per heavy atom. The van der Waals surface area contributed by atoms with E-state index in [0.29, 0.717) is 6.41 Å². The molecule has 1 aromatic carbocycles. The number of halogens is 1. The normalized spacial score (nSPS) is 17.9. The molecule has 18 heavy (non-hydrogen) atoms. The summed E-state index contributed by atoms with van der Waals surface area (Å²) in [5, 5.41) is 5.24. The molecule has 96 valence electrons. The number of anilines is 1. The van der Waals surface area contributed by atoms with Crippen LogP contribution in [0.1, 0.15) is 18.4 Å². The lowest BCUT2D eigenvalue weighted by molar-refractivity contribution is -0.110. The molecule has 0 aliphatic heterocycles. The number of hydrogen-bond acceptors (Lipinski definition) is 3. The minimum atomic E-state index is -0.480. The van der Waals surface area contributed by atoms with E-state index in [1.54, 1.807) is 13.1 Å². The maximum atomic E-state index is 13.7. The van der Waals surface area contributed by atoms with Crippen molar-refractivity contribution in [2.45, 2.75) is 24.3 Å². The van der Waals surface area contributed by atoms with Crippen molar-refractivity contribution in [3.05, 3.63) is 29.6 Å². The number of aldehydes is 1. The number of carbonyl (C=O) groups is 2. The third-order valence-corrected chi connectivity index (χ3v) is 3.59. The molecule has 4 nitrogen and oxygen atoms in total. The van der Waals surface area contributed by atoms with Crippen molar-refractivity contribution in [2.24, 2.45) is 0 Å². The van der Waals surface area contributed by atoms with Gasteiger partial charge in [0.15, 0.2) is 0 Å². The molecule has 1 saturated carbocycles. The van der Waals surface area contributed by atoms with Crippen molar-refractivity contribution in [2.75, 3.05) is 12.4 Å². The first-order valence-corrected chi connectivity index (χ1v) is 5.80. The van der Waals surface area contributed by atoms with E-state index in [2.05, 4.69) is 10.6 Å². The summed E-state index contributed by atoms with van der Waals surface area (Å²) < 4.78 is 13.7. The molecule has 0 radical (unpaired) electrons. The first kappa shape index (κ1) is 12.7. The molecule has 0 heterocycles. The third-order valence-electron chi connectivity index (χ3n) is 3.59. The summed E-state index contributed by atoms with van der Waals surface area (Å²) in [5.41, 5.74) is 0.649. The molecular formula is C13H15FN2O2. The SMILES string of the molecule is CNC(C=O)C1(c2ccc(NC=O)c(F)c2)CC1. The van der Waals surface area contributed by atoms with Crippen LogP contribution >= 0.6 is 0 Å². The van der Waals surface area contributed by atoms with E-state index in [-0.39, 0.29) is 17.1 Å². The van der Waals surface area contributed by atoms with Crippen LogP contribution in [0.15, 0.2) is 18.2 Å². The first-order valence-electron chi connectivity index (χ1n) is 5.80. The van der Waals surface area contributed by atoms with Crippen LogP contribution < -0.4 is 10.6 Å². The maximum Gasteiger partial charge on any atom is 0.211 e. The lowest BCUT2D eigenvalue weighted by Crippen LogP contribution is -2.39. The highest BCUT2D eigenvalue weighted by Gasteiger charge is 2.50. The molecule has 0 saturated heterocycles. The summed E-state index contributed by atoms with van der Waals surface area (Å²) in [6.07, 6.45) is 3.02. The lowest BCUT2D eigenvalue weighted by atomic mass is 9.88. The van der Waals surface area contributed by atoms with Gasteiger partial charge in [-0.3, -0.25) is 4.79 Å². The minimum absolute atomic E-state index is 0.150. The van der Waals surface area contributed by atoms with Gasteiger partial charge in [-0.1, -0.05) is 6.07 Å². The molecule has 1 atom stereocenters. The van der Waals surface area contributed by atoms with Gasteiger partial charge in [-0.2, -0.15) is 0 Å². The molecule has 1 aliphatic carbocycles. The molecular weight excluding hydrogens is 235 g/mol. The van der Waals surface area contributed by atoms with Gasteiger partial charge in [0, 0.05) is 5.41 Å². The topological polar surface area (TPSA) is 58.2 Å². The number of amides is 1. The number of benzene rings is 1. The van der Waals surface area contributed by atoms with E-state index in [0.717, 1.165) is 24.7 Å². The van der Waals surface area contributed by atoms with Crippen LogP contribution in [0.25, 0.3) is 0 Å². The smallest absolute Gasteiger partial charge is 0.211 e. The Balaban J connectivity index is 2.32. The fourth-order valence-electron chi connectivity index (χ4n) is 2.39. The van der Waals surface area contributed by atoms with Crippen LogP contribution in [0.2, 0.25) is 0 Å². The van der Waals surface area contributed by atoms with E-state index < -0.39 is 5.82 Å². The van der Waals surface area contributed by atoms with Gasteiger partial charge in [-0.05, 0) is 37.6 Å². The van der Waals surface area contributed by atoms with Gasteiger partial charge >= 0.3 is 0 Å². The minimum Gasteiger partial charge on any atom is -0.326 e. The standard InChI is InChI=1S/C13H15FN2O2/c1-15-12(7-17)13(4-5-13)9-2-3-11(16-8-18)10(14)6-9/h2-3,6-8,12,15H,4-5H2,1H3,(H,16,18). The zero-order chi connectivity index (χ0) is 13.2. The molecule has 1 aliphatic rings. The second kappa shape index (κ2) is 4.86. The van der Waals surface area contributed by atoms with Crippen molar-refractivity contribution in [3.63, 3.8) is 0 Å². The monoisotopic (exact) mass is 250 g/mol. The summed E-state index contributed by atoms with van der Waals surface area (Å²) >= 11 is 0. The Morgan fingerprint density at radius 1 is 1.39 bits per heavy atom. The summed E-state index contributed by atoms with van der Waals surface area (Å²) in [5.74, 6) is -0.480. The van der Waals surface area contributed by atoms with Crippen LogP contribution in [-0.4, -0.2) is 25.8 Å². The molecule has 0 spiro atoms. The van der Waals surface area contributed by atoms with Crippen molar-refractivity contribution in [1.82, 2.24) is 5.32 Å². The molecule has 1 aromatic rings. The van der Waals surface area contributed by atoms with Gasteiger partial charge in [-0.25, -0.2) is 4.39 Å². The van der Waals surface area contributed by atoms with E-state index in [9.17, 15) is 14.0 Å². The Morgan fingerprint density at radius 3 is 2.56 bits per heavy atom. The second-order valence-corrected chi connectivity index (χ2v) is 4.52. The molecule has 5 heteroatoms. The molecule has 2 N–H and O–H groups in total. The average molecular weight is 250 g/mol. The zero-order valence-electron chi connectivity index (χ0n) is 10.1. The van der Waals surface area contributed by atoms with E-state index in [4.69, 9.17) is 0 Å². The Labute approximate surface area is 105 Å². The van der Waals surface area contributed by atoms with Gasteiger partial charge < -0.3 is 15.4 Å². The maximum absolute atomic E-state index is 13.7. The molecule has 0 aromatic heterocycles. The number of rotatable bonds is 6. The Kier molecular flexibility index (Phi) is 3.43. The van der Waals surface area contributed by atoms with Crippen molar-refractivity contribution in [1.29, 1.82) is 0 Å². The Hall–Kier alpha value is -1.75. The Bertz CT molecular complexity index is 472. The van der Waals surface area contributed by atoms with E-state index in [1.165, 1.54) is 12.1 Å². The first-order chi connectivity index (χ1) is 8.67. The summed E-state index contributed by atoms with van der Waals surface area (Å²) in [7, 11) is 1.72. The number of hydrogen-bond donors (Lipinski definition) is 2. The fraction of sp³-hybridized carbons (Fsp3) is 0.385.